The van der Waals surface area contributed by atoms with E-state index in [9.17, 15) is 22.4 Å². The summed E-state index contributed by atoms with van der Waals surface area (Å²) in [5, 5.41) is 7.91. The second kappa shape index (κ2) is 9.51. The molecule has 0 radical (unpaired) electrons. The zero-order chi connectivity index (χ0) is 24.3. The molecule has 1 atom stereocenters. The maximum atomic E-state index is 15.0. The number of carbonyl (C=O) groups is 1. The molecule has 0 fully saturated rings. The second-order valence-corrected chi connectivity index (χ2v) is 7.17. The first-order valence-electron chi connectivity index (χ1n) is 9.86. The van der Waals surface area contributed by atoms with Crippen molar-refractivity contribution in [2.75, 3.05) is 13.2 Å². The van der Waals surface area contributed by atoms with E-state index in [1.807, 2.05) is 0 Å². The Bertz CT molecular complexity index is 1130. The van der Waals surface area contributed by atoms with Crippen LogP contribution in [0.3, 0.4) is 0 Å². The molecule has 1 unspecified atom stereocenters. The Hall–Kier alpha value is -3.57. The number of pyridine rings is 1. The quantitative estimate of drug-likeness (QED) is 0.485. The summed E-state index contributed by atoms with van der Waals surface area (Å²) in [6.45, 7) is 4.59. The molecule has 1 aromatic carbocycles. The van der Waals surface area contributed by atoms with Crippen LogP contribution in [0.4, 0.5) is 22.0 Å². The van der Waals surface area contributed by atoms with Crippen LogP contribution in [0, 0.1) is 18.6 Å². The molecule has 0 aliphatic heterocycles. The minimum atomic E-state index is -4.75. The smallest absolute Gasteiger partial charge is 0.417 e. The molecule has 0 saturated heterocycles. The van der Waals surface area contributed by atoms with Gasteiger partial charge in [-0.25, -0.2) is 13.8 Å². The van der Waals surface area contributed by atoms with Crippen molar-refractivity contribution in [1.29, 1.82) is 0 Å². The number of nitrogens with zero attached hydrogens (tertiary/aromatic N) is 5. The lowest BCUT2D eigenvalue weighted by atomic mass is 10.1. The number of hydrogen-bond acceptors (Lipinski definition) is 5. The lowest BCUT2D eigenvalue weighted by molar-refractivity contribution is -0.138. The normalized spacial score (nSPS) is 12.5. The summed E-state index contributed by atoms with van der Waals surface area (Å²) in [6, 6.07) is 2.58. The van der Waals surface area contributed by atoms with Crippen molar-refractivity contribution in [3.8, 4) is 11.6 Å². The topological polar surface area (TPSA) is 73.1 Å². The van der Waals surface area contributed by atoms with Crippen molar-refractivity contribution in [2.24, 2.45) is 0 Å². The van der Waals surface area contributed by atoms with Crippen LogP contribution >= 0.6 is 0 Å². The molecule has 3 rings (SSSR count). The van der Waals surface area contributed by atoms with Gasteiger partial charge in [-0.05, 0) is 38.5 Å². The number of ether oxygens (including phenoxy) is 1. The van der Waals surface area contributed by atoms with Crippen LogP contribution in [0.15, 0.2) is 36.8 Å². The molecule has 12 heteroatoms. The van der Waals surface area contributed by atoms with E-state index in [0.717, 1.165) is 4.80 Å². The summed E-state index contributed by atoms with van der Waals surface area (Å²) in [5.74, 6) is -3.34. The predicted octanol–water partition coefficient (Wildman–Crippen LogP) is 4.20. The van der Waals surface area contributed by atoms with Gasteiger partial charge in [-0.2, -0.15) is 28.2 Å². The van der Waals surface area contributed by atoms with Gasteiger partial charge in [0.05, 0.1) is 24.0 Å². The molecular formula is C21H20F5N5O2. The first-order valence-corrected chi connectivity index (χ1v) is 9.86. The Morgan fingerprint density at radius 1 is 1.21 bits per heavy atom. The number of carbonyl (C=O) groups excluding carboxylic acids is 1. The number of benzene rings is 1. The zero-order valence-corrected chi connectivity index (χ0v) is 17.9. The van der Waals surface area contributed by atoms with Crippen molar-refractivity contribution < 1.29 is 31.5 Å². The van der Waals surface area contributed by atoms with Gasteiger partial charge < -0.3 is 9.64 Å². The summed E-state index contributed by atoms with van der Waals surface area (Å²) in [4.78, 5) is 19.1. The average Bonchev–Trinajstić information content (AvgIpc) is 3.29. The summed E-state index contributed by atoms with van der Waals surface area (Å²) in [7, 11) is 0. The highest BCUT2D eigenvalue weighted by Crippen LogP contribution is 2.30. The first-order chi connectivity index (χ1) is 15.5. The molecule has 176 valence electrons. The highest BCUT2D eigenvalue weighted by molar-refractivity contribution is 5.98. The molecule has 0 bridgehead atoms. The minimum Gasteiger partial charge on any atom is -0.473 e. The van der Waals surface area contributed by atoms with Crippen molar-refractivity contribution in [2.45, 2.75) is 33.0 Å². The van der Waals surface area contributed by atoms with Crippen LogP contribution in [0.5, 0.6) is 5.88 Å². The molecule has 7 nitrogen and oxygen atoms in total. The first kappa shape index (κ1) is 24.1. The molecule has 2 aromatic heterocycles. The maximum absolute atomic E-state index is 15.0. The summed E-state index contributed by atoms with van der Waals surface area (Å²) in [5.41, 5.74) is -1.13. The van der Waals surface area contributed by atoms with Gasteiger partial charge in [-0.1, -0.05) is 6.07 Å². The molecule has 33 heavy (non-hydrogen) atoms. The van der Waals surface area contributed by atoms with E-state index in [-0.39, 0.29) is 36.0 Å². The largest absolute Gasteiger partial charge is 0.473 e. The lowest BCUT2D eigenvalue weighted by Crippen LogP contribution is -2.42. The van der Waals surface area contributed by atoms with Crippen LogP contribution in [0.25, 0.3) is 5.69 Å². The number of aromatic nitrogens is 4. The number of amides is 1. The van der Waals surface area contributed by atoms with Gasteiger partial charge in [-0.15, -0.1) is 0 Å². The van der Waals surface area contributed by atoms with Crippen LogP contribution in [-0.2, 0) is 6.18 Å². The van der Waals surface area contributed by atoms with Crippen molar-refractivity contribution >= 4 is 5.91 Å². The molecule has 3 aromatic rings. The molecule has 2 heterocycles. The molecular weight excluding hydrogens is 449 g/mol. The molecule has 1 amide bonds. The average molecular weight is 469 g/mol. The van der Waals surface area contributed by atoms with E-state index >= 15 is 4.39 Å². The van der Waals surface area contributed by atoms with Crippen LogP contribution in [-0.4, -0.2) is 50.0 Å². The van der Waals surface area contributed by atoms with Crippen molar-refractivity contribution in [1.82, 2.24) is 24.9 Å². The summed E-state index contributed by atoms with van der Waals surface area (Å²) < 4.78 is 72.3. The summed E-state index contributed by atoms with van der Waals surface area (Å²) in [6.07, 6.45) is -1.53. The van der Waals surface area contributed by atoms with Crippen LogP contribution in [0.2, 0.25) is 0 Å². The number of hydrogen-bond donors (Lipinski definition) is 0. The molecule has 0 aliphatic carbocycles. The minimum absolute atomic E-state index is 0.134. The Morgan fingerprint density at radius 3 is 2.45 bits per heavy atom. The van der Waals surface area contributed by atoms with Gasteiger partial charge >= 0.3 is 6.18 Å². The molecule has 0 aliphatic rings. The number of aryl methyl sites for hydroxylation is 1. The number of rotatable bonds is 7. The van der Waals surface area contributed by atoms with Crippen LogP contribution in [0.1, 0.15) is 35.3 Å². The van der Waals surface area contributed by atoms with E-state index in [0.29, 0.717) is 6.20 Å². The van der Waals surface area contributed by atoms with Crippen LogP contribution < -0.4 is 4.74 Å². The van der Waals surface area contributed by atoms with E-state index < -0.39 is 41.2 Å². The highest BCUT2D eigenvalue weighted by Gasteiger charge is 2.32. The lowest BCUT2D eigenvalue weighted by Gasteiger charge is -2.29. The fourth-order valence-electron chi connectivity index (χ4n) is 3.16. The van der Waals surface area contributed by atoms with E-state index in [1.54, 1.807) is 13.8 Å². The SMILES string of the molecule is CCN(C(=O)c1c(-n2nccn2)ccc(C)c1F)C(C)COc1ncc(C(F)(F)F)cc1F. The molecule has 0 spiro atoms. The van der Waals surface area contributed by atoms with E-state index in [2.05, 4.69) is 15.2 Å². The molecule has 0 N–H and O–H groups in total. The Labute approximate surface area is 185 Å². The van der Waals surface area contributed by atoms with E-state index in [4.69, 9.17) is 4.74 Å². The van der Waals surface area contributed by atoms with Crippen molar-refractivity contribution in [3.63, 3.8) is 0 Å². The third kappa shape index (κ3) is 5.10. The van der Waals surface area contributed by atoms with Gasteiger partial charge in [0.15, 0.2) is 5.82 Å². The van der Waals surface area contributed by atoms with Gasteiger partial charge in [0.2, 0.25) is 5.88 Å². The fourth-order valence-corrected chi connectivity index (χ4v) is 3.16. The third-order valence-electron chi connectivity index (χ3n) is 4.89. The zero-order valence-electron chi connectivity index (χ0n) is 17.9. The third-order valence-corrected chi connectivity index (χ3v) is 4.89. The standard InChI is InChI=1S/C21H20F5N5O2/c1-4-30(13(3)11-33-19-15(22)9-14(10-27-19)21(24,25)26)20(32)17-16(31-28-7-8-29-31)6-5-12(2)18(17)23/h5-10,13H,4,11H2,1-3H3. The number of alkyl halides is 3. The maximum Gasteiger partial charge on any atom is 0.417 e. The predicted molar refractivity (Wildman–Crippen MR) is 107 cm³/mol. The monoisotopic (exact) mass is 469 g/mol. The van der Waals surface area contributed by atoms with Gasteiger partial charge in [0.25, 0.3) is 5.91 Å². The Balaban J connectivity index is 1.83. The van der Waals surface area contributed by atoms with E-state index in [1.165, 1.54) is 36.4 Å². The highest BCUT2D eigenvalue weighted by atomic mass is 19.4. The Morgan fingerprint density at radius 2 is 1.88 bits per heavy atom. The number of likely N-dealkylation sites (N-methyl/N-ethyl adjacent to an activating group) is 1. The van der Waals surface area contributed by atoms with Gasteiger partial charge in [0.1, 0.15) is 23.7 Å². The number of halogens is 5. The summed E-state index contributed by atoms with van der Waals surface area (Å²) >= 11 is 0. The van der Waals surface area contributed by atoms with Crippen molar-refractivity contribution in [3.05, 3.63) is 65.1 Å². The molecule has 0 saturated carbocycles. The van der Waals surface area contributed by atoms with Gasteiger partial charge in [-0.3, -0.25) is 4.79 Å². The second-order valence-electron chi connectivity index (χ2n) is 7.17. The Kier molecular flexibility index (Phi) is 6.94. The fraction of sp³-hybridized carbons (Fsp3) is 0.333. The van der Waals surface area contributed by atoms with Gasteiger partial charge in [0, 0.05) is 12.7 Å².